The van der Waals surface area contributed by atoms with E-state index < -0.39 is 25.3 Å². The molecule has 4 N–H and O–H groups in total. The smallest absolute Gasteiger partial charge is 0.368 e. The van der Waals surface area contributed by atoms with Gasteiger partial charge in [-0.3, -0.25) is 4.57 Å². The Kier molecular flexibility index (Phi) is 5.30. The normalized spacial score (nSPS) is 15.5. The highest BCUT2D eigenvalue weighted by atomic mass is 31.2. The molecule has 8 heteroatoms. The predicted molar refractivity (Wildman–Crippen MR) is 76.4 cm³/mol. The molecule has 0 saturated carbocycles. The van der Waals surface area contributed by atoms with Gasteiger partial charge in [0.1, 0.15) is 6.54 Å². The van der Waals surface area contributed by atoms with Crippen LogP contribution in [0.3, 0.4) is 0 Å². The van der Waals surface area contributed by atoms with E-state index in [1.165, 1.54) is 0 Å². The second-order valence-electron chi connectivity index (χ2n) is 5.72. The first-order chi connectivity index (χ1) is 9.48. The molecule has 118 valence electrons. The lowest BCUT2D eigenvalue weighted by molar-refractivity contribution is -0.904. The van der Waals surface area contributed by atoms with Gasteiger partial charge >= 0.3 is 13.6 Å². The van der Waals surface area contributed by atoms with Crippen molar-refractivity contribution in [2.24, 2.45) is 0 Å². The lowest BCUT2D eigenvalue weighted by Crippen LogP contribution is -2.46. The fourth-order valence-electron chi connectivity index (χ4n) is 1.99. The van der Waals surface area contributed by atoms with Crippen LogP contribution in [0.15, 0.2) is 30.3 Å². The summed E-state index contributed by atoms with van der Waals surface area (Å²) in [4.78, 5) is 29.1. The molecule has 0 heterocycles. The molecule has 1 atom stereocenters. The summed E-state index contributed by atoms with van der Waals surface area (Å²) >= 11 is 0. The molecule has 0 spiro atoms. The van der Waals surface area contributed by atoms with E-state index in [0.29, 0.717) is 11.0 Å². The maximum Gasteiger partial charge on any atom is 0.368 e. The Labute approximate surface area is 123 Å². The van der Waals surface area contributed by atoms with Gasteiger partial charge in [0.15, 0.2) is 0 Å². The van der Waals surface area contributed by atoms with Crippen molar-refractivity contribution in [2.75, 3.05) is 20.6 Å². The highest BCUT2D eigenvalue weighted by Crippen LogP contribution is 2.51. The second-order valence-corrected chi connectivity index (χ2v) is 7.55. The summed E-state index contributed by atoms with van der Waals surface area (Å²) in [6, 6.07) is 9.44. The average Bonchev–Trinajstić information content (AvgIpc) is 2.35. The molecule has 0 aliphatic heterocycles. The summed E-state index contributed by atoms with van der Waals surface area (Å²) in [5, 5.41) is 15.6. The molecular formula is C13H21NO6P+. The van der Waals surface area contributed by atoms with Gasteiger partial charge in [0.2, 0.25) is 0 Å². The zero-order valence-corrected chi connectivity index (χ0v) is 12.9. The van der Waals surface area contributed by atoms with Crippen LogP contribution >= 0.6 is 7.60 Å². The third kappa shape index (κ3) is 4.62. The molecule has 7 nitrogen and oxygen atoms in total. The second kappa shape index (κ2) is 6.25. The van der Waals surface area contributed by atoms with E-state index in [9.17, 15) is 14.5 Å². The fourth-order valence-corrected chi connectivity index (χ4v) is 2.63. The van der Waals surface area contributed by atoms with Crippen molar-refractivity contribution in [1.82, 2.24) is 0 Å². The number of hydrogen-bond donors (Lipinski definition) is 4. The number of rotatable bonds is 7. The Bertz CT molecular complexity index is 541. The number of carbonyl (C=O) groups is 1. The highest BCUT2D eigenvalue weighted by molar-refractivity contribution is 7.54. The molecule has 0 fully saturated rings. The monoisotopic (exact) mass is 318 g/mol. The number of carboxylic acids is 1. The first kappa shape index (κ1) is 17.8. The van der Waals surface area contributed by atoms with Gasteiger partial charge in [0, 0.05) is 12.0 Å². The third-order valence-electron chi connectivity index (χ3n) is 3.34. The number of hydrogen-bond acceptors (Lipinski definition) is 3. The number of aliphatic carboxylic acids is 1. The summed E-state index contributed by atoms with van der Waals surface area (Å²) in [5.74, 6) is -1.91. The first-order valence-corrected chi connectivity index (χ1v) is 7.96. The molecule has 0 radical (unpaired) electrons. The van der Waals surface area contributed by atoms with E-state index >= 15 is 0 Å². The van der Waals surface area contributed by atoms with Crippen LogP contribution in [0.5, 0.6) is 0 Å². The number of carboxylic acid groups (broad SMARTS) is 1. The Balaban J connectivity index is 2.80. The molecule has 1 unspecified atom stereocenters. The van der Waals surface area contributed by atoms with E-state index in [1.54, 1.807) is 14.1 Å². The summed E-state index contributed by atoms with van der Waals surface area (Å²) in [7, 11) is -1.57. The molecular weight excluding hydrogens is 297 g/mol. The van der Waals surface area contributed by atoms with Crippen LogP contribution in [-0.2, 0) is 15.9 Å². The minimum atomic E-state index is -5.17. The van der Waals surface area contributed by atoms with Gasteiger partial charge in [0.25, 0.3) is 5.34 Å². The molecule has 0 bridgehead atoms. The minimum Gasteiger partial charge on any atom is -0.479 e. The standard InChI is InChI=1S/C13H20NO6P/c1-14(2,10-11-6-4-3-5-7-11)9-8-13(17,12(15)16)21(18,19)20/h3-7,17H,8-10H2,1-2H3,(H2-,15,16,18,19,20)/p+1. The zero-order valence-electron chi connectivity index (χ0n) is 12.0. The van der Waals surface area contributed by atoms with E-state index in [0.717, 1.165) is 5.56 Å². The molecule has 0 aliphatic rings. The number of aliphatic hydroxyl groups is 1. The average molecular weight is 318 g/mol. The van der Waals surface area contributed by atoms with Gasteiger partial charge < -0.3 is 24.5 Å². The van der Waals surface area contributed by atoms with Crippen LogP contribution in [0.2, 0.25) is 0 Å². The van der Waals surface area contributed by atoms with Crippen LogP contribution in [0.4, 0.5) is 0 Å². The molecule has 0 aromatic heterocycles. The van der Waals surface area contributed by atoms with Crippen LogP contribution in [-0.4, -0.2) is 56.4 Å². The van der Waals surface area contributed by atoms with Crippen molar-refractivity contribution in [3.05, 3.63) is 35.9 Å². The van der Waals surface area contributed by atoms with Crippen molar-refractivity contribution >= 4 is 13.6 Å². The molecule has 21 heavy (non-hydrogen) atoms. The number of quaternary nitrogens is 1. The maximum atomic E-state index is 11.2. The molecule has 1 aromatic carbocycles. The number of benzene rings is 1. The van der Waals surface area contributed by atoms with Crippen molar-refractivity contribution in [3.8, 4) is 0 Å². The Hall–Kier alpha value is -1.24. The first-order valence-electron chi connectivity index (χ1n) is 6.35. The number of nitrogens with zero attached hydrogens (tertiary/aromatic N) is 1. The summed E-state index contributed by atoms with van der Waals surface area (Å²) in [6.07, 6.45) is -0.535. The highest BCUT2D eigenvalue weighted by Gasteiger charge is 2.53. The van der Waals surface area contributed by atoms with E-state index in [-0.39, 0.29) is 6.54 Å². The van der Waals surface area contributed by atoms with Crippen LogP contribution in [0, 0.1) is 0 Å². The molecule has 1 rings (SSSR count). The summed E-state index contributed by atoms with van der Waals surface area (Å²) in [5.41, 5.74) is 1.01. The van der Waals surface area contributed by atoms with Gasteiger partial charge in [-0.2, -0.15) is 0 Å². The lowest BCUT2D eigenvalue weighted by Gasteiger charge is -2.33. The van der Waals surface area contributed by atoms with Gasteiger partial charge in [-0.15, -0.1) is 0 Å². The lowest BCUT2D eigenvalue weighted by atomic mass is 10.1. The summed E-state index contributed by atoms with van der Waals surface area (Å²) < 4.78 is 11.5. The molecule has 0 saturated heterocycles. The van der Waals surface area contributed by atoms with Crippen LogP contribution in [0.1, 0.15) is 12.0 Å². The van der Waals surface area contributed by atoms with Crippen LogP contribution < -0.4 is 0 Å². The Morgan fingerprint density at radius 3 is 2.19 bits per heavy atom. The Morgan fingerprint density at radius 1 is 1.24 bits per heavy atom. The van der Waals surface area contributed by atoms with Crippen molar-refractivity contribution in [3.63, 3.8) is 0 Å². The summed E-state index contributed by atoms with van der Waals surface area (Å²) in [6.45, 7) is 0.653. The molecule has 1 aromatic rings. The van der Waals surface area contributed by atoms with Crippen LogP contribution in [0.25, 0.3) is 0 Å². The van der Waals surface area contributed by atoms with E-state index in [1.807, 2.05) is 30.3 Å². The Morgan fingerprint density at radius 2 is 1.76 bits per heavy atom. The van der Waals surface area contributed by atoms with Gasteiger partial charge in [-0.1, -0.05) is 30.3 Å². The zero-order chi connectivity index (χ0) is 16.3. The van der Waals surface area contributed by atoms with Crippen molar-refractivity contribution in [2.45, 2.75) is 18.3 Å². The molecule has 0 aliphatic carbocycles. The predicted octanol–water partition coefficient (Wildman–Crippen LogP) is 0.604. The topological polar surface area (TPSA) is 115 Å². The van der Waals surface area contributed by atoms with E-state index in [4.69, 9.17) is 14.9 Å². The van der Waals surface area contributed by atoms with Crippen molar-refractivity contribution in [1.29, 1.82) is 0 Å². The van der Waals surface area contributed by atoms with Gasteiger partial charge in [-0.25, -0.2) is 4.79 Å². The minimum absolute atomic E-state index is 0.100. The van der Waals surface area contributed by atoms with E-state index in [2.05, 4.69) is 0 Å². The maximum absolute atomic E-state index is 11.2. The largest absolute Gasteiger partial charge is 0.479 e. The fraction of sp³-hybridized carbons (Fsp3) is 0.462. The van der Waals surface area contributed by atoms with Crippen molar-refractivity contribution < 1.29 is 33.8 Å². The van der Waals surface area contributed by atoms with Gasteiger partial charge in [-0.05, 0) is 0 Å². The SMILES string of the molecule is C[N+](C)(CCC(O)(C(=O)O)P(=O)(O)O)Cc1ccccc1. The molecule has 0 amide bonds. The van der Waals surface area contributed by atoms with Gasteiger partial charge in [0.05, 0.1) is 20.6 Å². The quantitative estimate of drug-likeness (QED) is 0.432. The third-order valence-corrected chi connectivity index (χ3v) is 4.72.